The molecule has 3 heterocycles. The summed E-state index contributed by atoms with van der Waals surface area (Å²) in [6, 6.07) is 25.5. The number of aromatic carboxylic acids is 1. The van der Waals surface area contributed by atoms with Crippen LogP contribution in [0.1, 0.15) is 46.1 Å². The summed E-state index contributed by atoms with van der Waals surface area (Å²) in [6.07, 6.45) is 6.42. The molecular weight excluding hydrogens is 472 g/mol. The summed E-state index contributed by atoms with van der Waals surface area (Å²) >= 11 is 0. The van der Waals surface area contributed by atoms with Crippen molar-refractivity contribution in [2.75, 3.05) is 0 Å². The lowest BCUT2D eigenvalue weighted by Crippen LogP contribution is -2.22. The van der Waals surface area contributed by atoms with Crippen molar-refractivity contribution in [2.24, 2.45) is 0 Å². The molecule has 7 rings (SSSR count). The molecule has 1 aliphatic carbocycles. The Balaban J connectivity index is 1.29. The van der Waals surface area contributed by atoms with Crippen LogP contribution < -0.4 is 5.11 Å². The van der Waals surface area contributed by atoms with Gasteiger partial charge in [-0.3, -0.25) is 0 Å². The first-order valence-electron chi connectivity index (χ1n) is 12.9. The molecule has 1 aliphatic rings. The average molecular weight is 498 g/mol. The number of imidazole rings is 2. The van der Waals surface area contributed by atoms with Gasteiger partial charge < -0.3 is 18.9 Å². The first-order chi connectivity index (χ1) is 18.5. The predicted octanol–water partition coefficient (Wildman–Crippen LogP) is 5.62. The minimum Gasteiger partial charge on any atom is -0.545 e. The van der Waals surface area contributed by atoms with E-state index in [0.29, 0.717) is 18.0 Å². The van der Waals surface area contributed by atoms with Gasteiger partial charge in [-0.1, -0.05) is 54.6 Å². The second-order valence-corrected chi connectivity index (χ2v) is 10.1. The van der Waals surface area contributed by atoms with Crippen LogP contribution in [0.3, 0.4) is 0 Å². The van der Waals surface area contributed by atoms with Gasteiger partial charge in [0.15, 0.2) is 0 Å². The van der Waals surface area contributed by atoms with E-state index in [9.17, 15) is 9.90 Å². The van der Waals surface area contributed by atoms with Gasteiger partial charge in [0, 0.05) is 36.0 Å². The van der Waals surface area contributed by atoms with E-state index in [-0.39, 0.29) is 5.56 Å². The van der Waals surface area contributed by atoms with E-state index in [4.69, 9.17) is 9.97 Å². The van der Waals surface area contributed by atoms with Crippen LogP contribution in [0.25, 0.3) is 39.1 Å². The van der Waals surface area contributed by atoms with Gasteiger partial charge in [-0.05, 0) is 66.3 Å². The van der Waals surface area contributed by atoms with Gasteiger partial charge in [0.05, 0.1) is 22.7 Å². The molecule has 0 N–H and O–H groups in total. The maximum absolute atomic E-state index is 11.6. The molecule has 1 fully saturated rings. The third kappa shape index (κ3) is 3.86. The Hall–Kier alpha value is -4.71. The molecule has 0 unspecified atom stereocenters. The molecule has 0 amide bonds. The number of aromatic nitrogens is 4. The van der Waals surface area contributed by atoms with Crippen molar-refractivity contribution >= 4 is 22.6 Å². The van der Waals surface area contributed by atoms with Crippen molar-refractivity contribution in [1.82, 2.24) is 18.9 Å². The van der Waals surface area contributed by atoms with Crippen LogP contribution in [0.5, 0.6) is 0 Å². The lowest BCUT2D eigenvalue weighted by molar-refractivity contribution is -0.254. The Kier molecular flexibility index (Phi) is 5.15. The number of aryl methyl sites for hydroxylation is 1. The number of carbonyl (C=O) groups is 1. The Bertz CT molecular complexity index is 1810. The second-order valence-electron chi connectivity index (χ2n) is 10.1. The van der Waals surface area contributed by atoms with E-state index in [1.54, 1.807) is 12.1 Å². The molecule has 1 saturated carbocycles. The molecule has 38 heavy (non-hydrogen) atoms. The van der Waals surface area contributed by atoms with Crippen molar-refractivity contribution < 1.29 is 9.90 Å². The number of hydrogen-bond donors (Lipinski definition) is 0. The standard InChI is InChI=1S/C32H26N4O2/c1-20-16-24(27-19-35-15-5-4-8-29(35)33-27)17-28-30(20)34-31(23-13-14-23)36(28)18-21-9-11-22(12-10-21)25-6-2-3-7-26(25)32(37)38/h2-12,15-17,19,23H,13-14,18H2,1H3,(H,37,38)/p-1. The Morgan fingerprint density at radius 2 is 1.74 bits per heavy atom. The van der Waals surface area contributed by atoms with E-state index >= 15 is 0 Å². The van der Waals surface area contributed by atoms with Crippen molar-refractivity contribution in [3.05, 3.63) is 114 Å². The summed E-state index contributed by atoms with van der Waals surface area (Å²) in [5, 5.41) is 11.6. The number of rotatable bonds is 6. The fourth-order valence-corrected chi connectivity index (χ4v) is 5.34. The largest absolute Gasteiger partial charge is 0.545 e. The monoisotopic (exact) mass is 497 g/mol. The quantitative estimate of drug-likeness (QED) is 0.300. The normalized spacial score (nSPS) is 13.4. The van der Waals surface area contributed by atoms with Crippen LogP contribution in [0.2, 0.25) is 0 Å². The van der Waals surface area contributed by atoms with Crippen molar-refractivity contribution in [3.63, 3.8) is 0 Å². The zero-order valence-electron chi connectivity index (χ0n) is 21.0. The highest BCUT2D eigenvalue weighted by Gasteiger charge is 2.30. The van der Waals surface area contributed by atoms with Crippen molar-refractivity contribution in [2.45, 2.75) is 32.2 Å². The molecule has 0 spiro atoms. The maximum Gasteiger partial charge on any atom is 0.137 e. The summed E-state index contributed by atoms with van der Waals surface area (Å²) < 4.78 is 4.39. The zero-order valence-corrected chi connectivity index (χ0v) is 21.0. The van der Waals surface area contributed by atoms with Crippen LogP contribution in [0.4, 0.5) is 0 Å². The topological polar surface area (TPSA) is 75.2 Å². The van der Waals surface area contributed by atoms with E-state index in [1.807, 2.05) is 53.1 Å². The number of hydrogen-bond acceptors (Lipinski definition) is 4. The zero-order chi connectivity index (χ0) is 25.8. The molecule has 6 heteroatoms. The maximum atomic E-state index is 11.6. The van der Waals surface area contributed by atoms with E-state index in [0.717, 1.165) is 50.5 Å². The molecule has 6 nitrogen and oxygen atoms in total. The molecule has 6 aromatic rings. The number of pyridine rings is 1. The van der Waals surface area contributed by atoms with E-state index in [2.05, 4.69) is 42.0 Å². The number of carboxylic acids is 1. The lowest BCUT2D eigenvalue weighted by Gasteiger charge is -2.13. The van der Waals surface area contributed by atoms with E-state index in [1.165, 1.54) is 12.8 Å². The number of fused-ring (bicyclic) bond motifs is 2. The Labute approximate surface area is 219 Å². The lowest BCUT2D eigenvalue weighted by atomic mass is 9.98. The SMILES string of the molecule is Cc1cc(-c2cn3ccccc3n2)cc2c1nc(C1CC1)n2Cc1ccc(-c2ccccc2C(=O)[O-])cc1. The number of carboxylic acid groups (broad SMARTS) is 1. The van der Waals surface area contributed by atoms with Crippen LogP contribution in [0.15, 0.2) is 91.3 Å². The summed E-state index contributed by atoms with van der Waals surface area (Å²) in [7, 11) is 0. The van der Waals surface area contributed by atoms with Gasteiger partial charge in [-0.2, -0.15) is 0 Å². The highest BCUT2D eigenvalue weighted by atomic mass is 16.4. The Morgan fingerprint density at radius 3 is 2.50 bits per heavy atom. The molecule has 0 saturated heterocycles. The van der Waals surface area contributed by atoms with Gasteiger partial charge in [0.25, 0.3) is 0 Å². The molecule has 0 bridgehead atoms. The second kappa shape index (κ2) is 8.70. The molecule has 0 aliphatic heterocycles. The molecular formula is C32H25N4O2-. The fraction of sp³-hybridized carbons (Fsp3) is 0.156. The summed E-state index contributed by atoms with van der Waals surface area (Å²) in [5.41, 5.74) is 9.11. The first kappa shape index (κ1) is 22.5. The third-order valence-electron chi connectivity index (χ3n) is 7.43. The third-order valence-corrected chi connectivity index (χ3v) is 7.43. The van der Waals surface area contributed by atoms with Crippen molar-refractivity contribution in [3.8, 4) is 22.4 Å². The summed E-state index contributed by atoms with van der Waals surface area (Å²) in [6.45, 7) is 2.82. The molecule has 3 aromatic carbocycles. The highest BCUT2D eigenvalue weighted by molar-refractivity contribution is 5.94. The Morgan fingerprint density at radius 1 is 0.947 bits per heavy atom. The smallest absolute Gasteiger partial charge is 0.137 e. The molecule has 186 valence electrons. The fourth-order valence-electron chi connectivity index (χ4n) is 5.34. The predicted molar refractivity (Wildman–Crippen MR) is 146 cm³/mol. The molecule has 0 atom stereocenters. The van der Waals surface area contributed by atoms with Gasteiger partial charge >= 0.3 is 0 Å². The van der Waals surface area contributed by atoms with Gasteiger partial charge in [-0.15, -0.1) is 0 Å². The minimum atomic E-state index is -1.17. The minimum absolute atomic E-state index is 0.201. The first-order valence-corrected chi connectivity index (χ1v) is 12.9. The van der Waals surface area contributed by atoms with Gasteiger partial charge in [-0.25, -0.2) is 9.97 Å². The summed E-state index contributed by atoms with van der Waals surface area (Å²) in [5.74, 6) is 0.469. The number of nitrogens with zero attached hydrogens (tertiary/aromatic N) is 4. The molecule has 3 aromatic heterocycles. The van der Waals surface area contributed by atoms with Crippen LogP contribution in [-0.4, -0.2) is 24.9 Å². The van der Waals surface area contributed by atoms with Crippen LogP contribution >= 0.6 is 0 Å². The number of benzene rings is 3. The van der Waals surface area contributed by atoms with Gasteiger partial charge in [0.2, 0.25) is 0 Å². The summed E-state index contributed by atoms with van der Waals surface area (Å²) in [4.78, 5) is 21.5. The molecule has 0 radical (unpaired) electrons. The van der Waals surface area contributed by atoms with Gasteiger partial charge in [0.1, 0.15) is 11.5 Å². The van der Waals surface area contributed by atoms with Crippen LogP contribution in [0, 0.1) is 6.92 Å². The highest BCUT2D eigenvalue weighted by Crippen LogP contribution is 2.42. The average Bonchev–Trinajstić information content (AvgIpc) is 3.58. The van der Waals surface area contributed by atoms with Crippen molar-refractivity contribution in [1.29, 1.82) is 0 Å². The number of carbonyl (C=O) groups excluding carboxylic acids is 1. The van der Waals surface area contributed by atoms with E-state index < -0.39 is 5.97 Å². The van der Waals surface area contributed by atoms with Crippen LogP contribution in [-0.2, 0) is 6.54 Å².